The zero-order valence-corrected chi connectivity index (χ0v) is 12.5. The van der Waals surface area contributed by atoms with Crippen LogP contribution in [0.1, 0.15) is 26.4 Å². The number of hydrogen-bond acceptors (Lipinski definition) is 4. The van der Waals surface area contributed by atoms with Crippen LogP contribution in [0, 0.1) is 0 Å². The normalized spacial score (nSPS) is 10.1. The predicted octanol–water partition coefficient (Wildman–Crippen LogP) is 1.49. The van der Waals surface area contributed by atoms with Crippen molar-refractivity contribution in [1.82, 2.24) is 9.88 Å². The lowest BCUT2D eigenvalue weighted by Crippen LogP contribution is -2.22. The molecule has 6 heteroatoms. The molecule has 1 aromatic carbocycles. The number of nitrogens with zero attached hydrogens (tertiary/aromatic N) is 2. The third-order valence-electron chi connectivity index (χ3n) is 3.04. The van der Waals surface area contributed by atoms with Gasteiger partial charge in [0.15, 0.2) is 0 Å². The number of nitrogens with one attached hydrogen (secondary N) is 1. The summed E-state index contributed by atoms with van der Waals surface area (Å²) in [5.41, 5.74) is 7.72. The first kappa shape index (κ1) is 15.7. The summed E-state index contributed by atoms with van der Waals surface area (Å²) >= 11 is 0. The van der Waals surface area contributed by atoms with Gasteiger partial charge in [-0.15, -0.1) is 0 Å². The van der Waals surface area contributed by atoms with Gasteiger partial charge in [0.2, 0.25) is 0 Å². The number of anilines is 1. The van der Waals surface area contributed by atoms with Crippen molar-refractivity contribution >= 4 is 17.5 Å². The van der Waals surface area contributed by atoms with Crippen molar-refractivity contribution < 1.29 is 9.59 Å². The van der Waals surface area contributed by atoms with Crippen LogP contribution < -0.4 is 11.1 Å². The fourth-order valence-corrected chi connectivity index (χ4v) is 1.96. The smallest absolute Gasteiger partial charge is 0.274 e. The minimum Gasteiger partial charge on any atom is -0.345 e. The molecule has 0 atom stereocenters. The maximum Gasteiger partial charge on any atom is 0.274 e. The molecule has 0 spiro atoms. The lowest BCUT2D eigenvalue weighted by atomic mass is 10.1. The van der Waals surface area contributed by atoms with E-state index in [1.807, 2.05) is 0 Å². The second-order valence-electron chi connectivity index (χ2n) is 4.99. The standard InChI is InChI=1S/C16H18N4O2/c1-20(2)16(22)12-7-11(10-17)8-13(9-12)19-15(21)14-5-3-4-6-18-14/h3-9H,10,17H2,1-2H3,(H,19,21). The molecular formula is C16H18N4O2. The molecule has 0 bridgehead atoms. The summed E-state index contributed by atoms with van der Waals surface area (Å²) in [4.78, 5) is 29.7. The Morgan fingerprint density at radius 1 is 1.23 bits per heavy atom. The highest BCUT2D eigenvalue weighted by atomic mass is 16.2. The van der Waals surface area contributed by atoms with Crippen molar-refractivity contribution in [3.63, 3.8) is 0 Å². The fourth-order valence-electron chi connectivity index (χ4n) is 1.96. The number of pyridine rings is 1. The molecule has 0 saturated heterocycles. The summed E-state index contributed by atoms with van der Waals surface area (Å²) in [5, 5.41) is 2.74. The predicted molar refractivity (Wildman–Crippen MR) is 84.5 cm³/mol. The molecule has 2 amide bonds. The number of carbonyl (C=O) groups is 2. The average Bonchev–Trinajstić information content (AvgIpc) is 2.54. The summed E-state index contributed by atoms with van der Waals surface area (Å²) < 4.78 is 0. The van der Waals surface area contributed by atoms with E-state index in [2.05, 4.69) is 10.3 Å². The Kier molecular flexibility index (Phi) is 4.85. The van der Waals surface area contributed by atoms with Gasteiger partial charge in [0, 0.05) is 38.1 Å². The van der Waals surface area contributed by atoms with Crippen LogP contribution in [0.2, 0.25) is 0 Å². The number of benzene rings is 1. The monoisotopic (exact) mass is 298 g/mol. The summed E-state index contributed by atoms with van der Waals surface area (Å²) in [5.74, 6) is -0.485. The van der Waals surface area contributed by atoms with E-state index in [0.717, 1.165) is 5.56 Å². The van der Waals surface area contributed by atoms with Crippen LogP contribution in [-0.4, -0.2) is 35.8 Å². The lowest BCUT2D eigenvalue weighted by molar-refractivity contribution is 0.0827. The van der Waals surface area contributed by atoms with Gasteiger partial charge in [0.1, 0.15) is 5.69 Å². The molecule has 0 aliphatic carbocycles. The molecule has 1 heterocycles. The van der Waals surface area contributed by atoms with Gasteiger partial charge in [-0.2, -0.15) is 0 Å². The van der Waals surface area contributed by atoms with Gasteiger partial charge in [-0.25, -0.2) is 0 Å². The molecule has 3 N–H and O–H groups in total. The molecule has 0 unspecified atom stereocenters. The van der Waals surface area contributed by atoms with Crippen molar-refractivity contribution in [3.05, 3.63) is 59.4 Å². The zero-order chi connectivity index (χ0) is 16.1. The van der Waals surface area contributed by atoms with Crippen LogP contribution in [0.3, 0.4) is 0 Å². The largest absolute Gasteiger partial charge is 0.345 e. The summed E-state index contributed by atoms with van der Waals surface area (Å²) in [7, 11) is 3.34. The molecule has 6 nitrogen and oxygen atoms in total. The number of hydrogen-bond donors (Lipinski definition) is 2. The molecule has 0 radical (unpaired) electrons. The van der Waals surface area contributed by atoms with Crippen molar-refractivity contribution in [2.75, 3.05) is 19.4 Å². The summed E-state index contributed by atoms with van der Waals surface area (Å²) in [6.45, 7) is 0.279. The van der Waals surface area contributed by atoms with E-state index in [4.69, 9.17) is 5.73 Å². The highest BCUT2D eigenvalue weighted by Gasteiger charge is 2.13. The van der Waals surface area contributed by atoms with Gasteiger partial charge in [0.05, 0.1) is 0 Å². The third-order valence-corrected chi connectivity index (χ3v) is 3.04. The first-order valence-electron chi connectivity index (χ1n) is 6.79. The highest BCUT2D eigenvalue weighted by Crippen LogP contribution is 2.17. The number of nitrogens with two attached hydrogens (primary N) is 1. The second-order valence-corrected chi connectivity index (χ2v) is 4.99. The van der Waals surface area contributed by atoms with E-state index in [0.29, 0.717) is 16.9 Å². The van der Waals surface area contributed by atoms with Crippen LogP contribution in [0.5, 0.6) is 0 Å². The van der Waals surface area contributed by atoms with Crippen molar-refractivity contribution in [2.24, 2.45) is 5.73 Å². The van der Waals surface area contributed by atoms with Crippen LogP contribution in [-0.2, 0) is 6.54 Å². The molecule has 0 saturated carbocycles. The van der Waals surface area contributed by atoms with Gasteiger partial charge in [0.25, 0.3) is 11.8 Å². The molecule has 0 aliphatic rings. The highest BCUT2D eigenvalue weighted by molar-refractivity contribution is 6.04. The number of rotatable bonds is 4. The Labute approximate surface area is 129 Å². The number of amides is 2. The van der Waals surface area contributed by atoms with Crippen molar-refractivity contribution in [3.8, 4) is 0 Å². The molecule has 0 fully saturated rings. The maximum atomic E-state index is 12.1. The number of aromatic nitrogens is 1. The quantitative estimate of drug-likeness (QED) is 0.895. The Morgan fingerprint density at radius 3 is 2.59 bits per heavy atom. The molecule has 114 valence electrons. The number of carbonyl (C=O) groups excluding carboxylic acids is 2. The van der Waals surface area contributed by atoms with Gasteiger partial charge >= 0.3 is 0 Å². The van der Waals surface area contributed by atoms with E-state index in [-0.39, 0.29) is 18.4 Å². The van der Waals surface area contributed by atoms with Crippen molar-refractivity contribution in [1.29, 1.82) is 0 Å². The molecule has 2 aromatic rings. The third kappa shape index (κ3) is 3.67. The van der Waals surface area contributed by atoms with Crippen LogP contribution in [0.4, 0.5) is 5.69 Å². The second kappa shape index (κ2) is 6.82. The Hall–Kier alpha value is -2.73. The van der Waals surface area contributed by atoms with Gasteiger partial charge in [-0.3, -0.25) is 14.6 Å². The van der Waals surface area contributed by atoms with E-state index in [9.17, 15) is 9.59 Å². The van der Waals surface area contributed by atoms with Gasteiger partial charge < -0.3 is 16.0 Å². The van der Waals surface area contributed by atoms with E-state index in [1.165, 1.54) is 4.90 Å². The Morgan fingerprint density at radius 2 is 2.00 bits per heavy atom. The molecule has 22 heavy (non-hydrogen) atoms. The van der Waals surface area contributed by atoms with Crippen LogP contribution >= 0.6 is 0 Å². The Balaban J connectivity index is 2.29. The van der Waals surface area contributed by atoms with E-state index >= 15 is 0 Å². The molecule has 1 aromatic heterocycles. The topological polar surface area (TPSA) is 88.3 Å². The first-order chi connectivity index (χ1) is 10.5. The minimum absolute atomic E-state index is 0.149. The summed E-state index contributed by atoms with van der Waals surface area (Å²) in [6, 6.07) is 10.2. The van der Waals surface area contributed by atoms with E-state index < -0.39 is 0 Å². The average molecular weight is 298 g/mol. The fraction of sp³-hybridized carbons (Fsp3) is 0.188. The van der Waals surface area contributed by atoms with Gasteiger partial charge in [-0.1, -0.05) is 6.07 Å². The van der Waals surface area contributed by atoms with E-state index in [1.54, 1.807) is 56.7 Å². The van der Waals surface area contributed by atoms with Crippen LogP contribution in [0.25, 0.3) is 0 Å². The minimum atomic E-state index is -0.335. The van der Waals surface area contributed by atoms with Crippen LogP contribution in [0.15, 0.2) is 42.6 Å². The SMILES string of the molecule is CN(C)C(=O)c1cc(CN)cc(NC(=O)c2ccccn2)c1. The van der Waals surface area contributed by atoms with Gasteiger partial charge in [-0.05, 0) is 35.9 Å². The maximum absolute atomic E-state index is 12.1. The zero-order valence-electron chi connectivity index (χ0n) is 12.5. The molecule has 0 aliphatic heterocycles. The molecule has 2 rings (SSSR count). The first-order valence-corrected chi connectivity index (χ1v) is 6.79. The summed E-state index contributed by atoms with van der Waals surface area (Å²) in [6.07, 6.45) is 1.55. The Bertz CT molecular complexity index is 684. The van der Waals surface area contributed by atoms with Crippen molar-refractivity contribution in [2.45, 2.75) is 6.54 Å². The lowest BCUT2D eigenvalue weighted by Gasteiger charge is -2.13. The molecular weight excluding hydrogens is 280 g/mol.